The largest absolute Gasteiger partial charge is 0.231 e. The Hall–Kier alpha value is -1.15. The second-order valence-electron chi connectivity index (χ2n) is 6.44. The van der Waals surface area contributed by atoms with Crippen LogP contribution < -0.4 is 4.57 Å². The standard InChI is InChI=1S/C17H22NS/c1-17(2,3)13-8-4-5-9-14(13)18-12-19-16-11-7-6-10-15(16)18/h4-5,8-9,12H,6-7,10-11H2,1-3H3/q+1. The van der Waals surface area contributed by atoms with Gasteiger partial charge in [-0.1, -0.05) is 50.3 Å². The second kappa shape index (κ2) is 4.75. The monoisotopic (exact) mass is 272 g/mol. The third-order valence-corrected chi connectivity index (χ3v) is 4.99. The molecule has 0 bridgehead atoms. The molecule has 0 saturated carbocycles. The Labute approximate surface area is 119 Å². The Bertz CT molecular complexity index is 590. The average molecular weight is 272 g/mol. The first-order valence-corrected chi connectivity index (χ1v) is 8.06. The zero-order chi connectivity index (χ0) is 13.5. The number of aryl methyl sites for hydroxylation is 1. The molecule has 0 amide bonds. The first kappa shape index (κ1) is 12.9. The summed E-state index contributed by atoms with van der Waals surface area (Å²) in [6.45, 7) is 6.89. The zero-order valence-electron chi connectivity index (χ0n) is 12.1. The molecule has 0 saturated heterocycles. The van der Waals surface area contributed by atoms with Gasteiger partial charge in [0.2, 0.25) is 16.9 Å². The molecule has 3 rings (SSSR count). The van der Waals surface area contributed by atoms with E-state index in [1.165, 1.54) is 36.9 Å². The molecule has 1 aliphatic rings. The number of fused-ring (bicyclic) bond motifs is 1. The van der Waals surface area contributed by atoms with Crippen molar-refractivity contribution in [3.05, 3.63) is 45.9 Å². The average Bonchev–Trinajstić information content (AvgIpc) is 2.81. The minimum atomic E-state index is 0.188. The van der Waals surface area contributed by atoms with Crippen molar-refractivity contribution in [2.45, 2.75) is 51.9 Å². The molecule has 0 spiro atoms. The van der Waals surface area contributed by atoms with E-state index in [9.17, 15) is 0 Å². The van der Waals surface area contributed by atoms with Crippen molar-refractivity contribution >= 4 is 11.3 Å². The molecule has 100 valence electrons. The Balaban J connectivity index is 2.15. The summed E-state index contributed by atoms with van der Waals surface area (Å²) < 4.78 is 2.44. The van der Waals surface area contributed by atoms with Crippen molar-refractivity contribution in [2.24, 2.45) is 0 Å². The lowest BCUT2D eigenvalue weighted by Gasteiger charge is -2.19. The molecule has 0 atom stereocenters. The number of aromatic nitrogens is 1. The maximum Gasteiger partial charge on any atom is 0.231 e. The summed E-state index contributed by atoms with van der Waals surface area (Å²) in [6.07, 6.45) is 5.19. The first-order valence-electron chi connectivity index (χ1n) is 7.18. The Kier molecular flexibility index (Phi) is 3.22. The van der Waals surface area contributed by atoms with Crippen molar-refractivity contribution < 1.29 is 4.57 Å². The van der Waals surface area contributed by atoms with Crippen LogP contribution in [0.1, 0.15) is 49.7 Å². The molecule has 2 aromatic rings. The van der Waals surface area contributed by atoms with Gasteiger partial charge in [-0.25, -0.2) is 0 Å². The molecule has 2 heteroatoms. The van der Waals surface area contributed by atoms with Gasteiger partial charge in [0.25, 0.3) is 0 Å². The van der Waals surface area contributed by atoms with Crippen LogP contribution in [0.4, 0.5) is 0 Å². The van der Waals surface area contributed by atoms with E-state index in [0.29, 0.717) is 0 Å². The fraction of sp³-hybridized carbons (Fsp3) is 0.471. The van der Waals surface area contributed by atoms with Crippen LogP contribution in [0.3, 0.4) is 0 Å². The van der Waals surface area contributed by atoms with Gasteiger partial charge in [-0.05, 0) is 24.7 Å². The van der Waals surface area contributed by atoms with Crippen molar-refractivity contribution in [2.75, 3.05) is 0 Å². The van der Waals surface area contributed by atoms with Crippen LogP contribution in [0.2, 0.25) is 0 Å². The van der Waals surface area contributed by atoms with E-state index in [1.54, 1.807) is 10.6 Å². The van der Waals surface area contributed by atoms with E-state index in [-0.39, 0.29) is 5.41 Å². The molecular formula is C17H22NS+. The topological polar surface area (TPSA) is 3.88 Å². The van der Waals surface area contributed by atoms with Gasteiger partial charge in [0, 0.05) is 18.1 Å². The van der Waals surface area contributed by atoms with Crippen LogP contribution in [-0.4, -0.2) is 0 Å². The lowest BCUT2D eigenvalue weighted by molar-refractivity contribution is -0.600. The number of benzene rings is 1. The van der Waals surface area contributed by atoms with Gasteiger partial charge >= 0.3 is 0 Å². The number of rotatable bonds is 1. The first-order chi connectivity index (χ1) is 9.07. The lowest BCUT2D eigenvalue weighted by atomic mass is 9.85. The van der Waals surface area contributed by atoms with Crippen LogP contribution in [-0.2, 0) is 18.3 Å². The number of hydrogen-bond donors (Lipinski definition) is 0. The fourth-order valence-corrected chi connectivity index (χ4v) is 4.02. The number of hydrogen-bond acceptors (Lipinski definition) is 1. The van der Waals surface area contributed by atoms with Crippen LogP contribution in [0.5, 0.6) is 0 Å². The van der Waals surface area contributed by atoms with Gasteiger partial charge in [-0.3, -0.25) is 0 Å². The predicted molar refractivity (Wildman–Crippen MR) is 81.2 cm³/mol. The molecule has 0 N–H and O–H groups in total. The minimum Gasteiger partial charge on any atom is -0.154 e. The number of nitrogens with zero attached hydrogens (tertiary/aromatic N) is 1. The molecule has 0 aliphatic heterocycles. The van der Waals surface area contributed by atoms with Crippen LogP contribution in [0.15, 0.2) is 29.8 Å². The van der Waals surface area contributed by atoms with E-state index in [2.05, 4.69) is 55.1 Å². The van der Waals surface area contributed by atoms with E-state index < -0.39 is 0 Å². The van der Waals surface area contributed by atoms with Gasteiger partial charge in [-0.15, -0.1) is 0 Å². The second-order valence-corrected chi connectivity index (χ2v) is 7.38. The van der Waals surface area contributed by atoms with Crippen LogP contribution in [0.25, 0.3) is 5.69 Å². The van der Waals surface area contributed by atoms with E-state index >= 15 is 0 Å². The van der Waals surface area contributed by atoms with Crippen molar-refractivity contribution in [3.8, 4) is 5.69 Å². The number of para-hydroxylation sites is 1. The van der Waals surface area contributed by atoms with E-state index in [1.807, 2.05) is 11.3 Å². The van der Waals surface area contributed by atoms with Gasteiger partial charge in [0.15, 0.2) is 0 Å². The summed E-state index contributed by atoms with van der Waals surface area (Å²) in [6, 6.07) is 8.85. The minimum absolute atomic E-state index is 0.188. The lowest BCUT2D eigenvalue weighted by Crippen LogP contribution is -2.37. The van der Waals surface area contributed by atoms with Crippen molar-refractivity contribution in [1.29, 1.82) is 0 Å². The smallest absolute Gasteiger partial charge is 0.154 e. The summed E-state index contributed by atoms with van der Waals surface area (Å²) in [4.78, 5) is 1.59. The van der Waals surface area contributed by atoms with Crippen LogP contribution >= 0.6 is 11.3 Å². The van der Waals surface area contributed by atoms with Crippen molar-refractivity contribution in [1.82, 2.24) is 0 Å². The molecule has 0 unspecified atom stereocenters. The van der Waals surface area contributed by atoms with Gasteiger partial charge in [-0.2, -0.15) is 4.57 Å². The van der Waals surface area contributed by atoms with Gasteiger partial charge < -0.3 is 0 Å². The van der Waals surface area contributed by atoms with Gasteiger partial charge in [0.05, 0.1) is 4.88 Å². The highest BCUT2D eigenvalue weighted by atomic mass is 32.1. The third-order valence-electron chi connectivity index (χ3n) is 3.95. The molecular weight excluding hydrogens is 250 g/mol. The Morgan fingerprint density at radius 3 is 2.58 bits per heavy atom. The molecule has 1 heterocycles. The quantitative estimate of drug-likeness (QED) is 0.685. The Morgan fingerprint density at radius 2 is 1.79 bits per heavy atom. The molecule has 19 heavy (non-hydrogen) atoms. The molecule has 0 fully saturated rings. The summed E-state index contributed by atoms with van der Waals surface area (Å²) in [5.74, 6) is 0. The summed E-state index contributed by atoms with van der Waals surface area (Å²) in [5.41, 5.74) is 6.85. The van der Waals surface area contributed by atoms with Crippen LogP contribution in [0, 0.1) is 0 Å². The summed E-state index contributed by atoms with van der Waals surface area (Å²) in [7, 11) is 0. The summed E-state index contributed by atoms with van der Waals surface area (Å²) >= 11 is 1.93. The molecule has 1 aliphatic carbocycles. The normalized spacial score (nSPS) is 15.3. The highest BCUT2D eigenvalue weighted by Gasteiger charge is 2.29. The van der Waals surface area contributed by atoms with Gasteiger partial charge in [0.1, 0.15) is 0 Å². The summed E-state index contributed by atoms with van der Waals surface area (Å²) in [5, 5.41) is 0. The molecule has 1 aromatic carbocycles. The Morgan fingerprint density at radius 1 is 1.05 bits per heavy atom. The molecule has 0 radical (unpaired) electrons. The molecule has 1 aromatic heterocycles. The maximum atomic E-state index is 2.44. The van der Waals surface area contributed by atoms with E-state index in [0.717, 1.165) is 0 Å². The maximum absolute atomic E-state index is 2.44. The third kappa shape index (κ3) is 2.34. The fourth-order valence-electron chi connectivity index (χ4n) is 2.94. The zero-order valence-corrected chi connectivity index (χ0v) is 12.9. The van der Waals surface area contributed by atoms with Crippen molar-refractivity contribution in [3.63, 3.8) is 0 Å². The highest BCUT2D eigenvalue weighted by Crippen LogP contribution is 2.29. The molecule has 1 nitrogen and oxygen atoms in total. The number of thiazole rings is 1. The highest BCUT2D eigenvalue weighted by molar-refractivity contribution is 7.09. The van der Waals surface area contributed by atoms with E-state index in [4.69, 9.17) is 0 Å². The predicted octanol–water partition coefficient (Wildman–Crippen LogP) is 4.20. The SMILES string of the molecule is CC(C)(C)c1ccccc1-[n+]1csc2c1CCCC2.